The molecule has 2 rings (SSSR count). The first-order valence-electron chi connectivity index (χ1n) is 4.00. The molecule has 2 aromatic heterocycles. The van der Waals surface area contributed by atoms with E-state index in [4.69, 9.17) is 11.6 Å². The normalized spacial score (nSPS) is 13.0. The van der Waals surface area contributed by atoms with Crippen molar-refractivity contribution >= 4 is 34.7 Å². The van der Waals surface area contributed by atoms with Crippen molar-refractivity contribution in [3.63, 3.8) is 0 Å². The zero-order valence-electron chi connectivity index (χ0n) is 7.40. The fraction of sp³-hybridized carbons (Fsp3) is 0.250. The third kappa shape index (κ3) is 1.81. The van der Waals surface area contributed by atoms with E-state index in [1.54, 1.807) is 17.5 Å². The monoisotopic (exact) mass is 245 g/mol. The van der Waals surface area contributed by atoms with E-state index < -0.39 is 0 Å². The maximum atomic E-state index is 6.06. The van der Waals surface area contributed by atoms with Crippen molar-refractivity contribution in [1.82, 2.24) is 14.1 Å². The molecular formula is C8H8ClN3S2. The van der Waals surface area contributed by atoms with Crippen molar-refractivity contribution in [2.24, 2.45) is 0 Å². The highest BCUT2D eigenvalue weighted by Crippen LogP contribution is 2.31. The first-order valence-corrected chi connectivity index (χ1v) is 5.99. The van der Waals surface area contributed by atoms with Gasteiger partial charge in [0.25, 0.3) is 0 Å². The summed E-state index contributed by atoms with van der Waals surface area (Å²) in [5.74, 6) is 0. The van der Waals surface area contributed by atoms with Gasteiger partial charge in [0.1, 0.15) is 0 Å². The van der Waals surface area contributed by atoms with Crippen molar-refractivity contribution < 1.29 is 0 Å². The molecule has 0 spiro atoms. The van der Waals surface area contributed by atoms with E-state index in [1.807, 2.05) is 18.5 Å². The number of hydrogen-bond donors (Lipinski definition) is 1. The molecule has 0 saturated carbocycles. The van der Waals surface area contributed by atoms with Crippen LogP contribution in [0.3, 0.4) is 0 Å². The number of hydrogen-bond acceptors (Lipinski definition) is 5. The van der Waals surface area contributed by atoms with E-state index in [-0.39, 0.29) is 6.04 Å². The molecule has 1 atom stereocenters. The van der Waals surface area contributed by atoms with Gasteiger partial charge in [-0.2, -0.15) is 8.75 Å². The quantitative estimate of drug-likeness (QED) is 0.903. The van der Waals surface area contributed by atoms with Crippen molar-refractivity contribution in [3.05, 3.63) is 33.2 Å². The third-order valence-electron chi connectivity index (χ3n) is 1.87. The first kappa shape index (κ1) is 10.0. The van der Waals surface area contributed by atoms with Crippen molar-refractivity contribution in [1.29, 1.82) is 0 Å². The second kappa shape index (κ2) is 4.35. The summed E-state index contributed by atoms with van der Waals surface area (Å²) in [6.07, 6.45) is 1.77. The van der Waals surface area contributed by atoms with Crippen LogP contribution in [-0.2, 0) is 0 Å². The van der Waals surface area contributed by atoms with E-state index in [0.717, 1.165) is 15.6 Å². The molecule has 0 radical (unpaired) electrons. The molecule has 1 unspecified atom stereocenters. The molecule has 0 bridgehead atoms. The van der Waals surface area contributed by atoms with Crippen LogP contribution < -0.4 is 5.32 Å². The van der Waals surface area contributed by atoms with Gasteiger partial charge in [-0.25, -0.2) is 0 Å². The molecule has 0 aliphatic heterocycles. The minimum atomic E-state index is 0.0567. The fourth-order valence-corrected chi connectivity index (χ4v) is 2.96. The van der Waals surface area contributed by atoms with Crippen molar-refractivity contribution in [2.45, 2.75) is 6.04 Å². The zero-order chi connectivity index (χ0) is 9.97. The summed E-state index contributed by atoms with van der Waals surface area (Å²) in [7, 11) is 1.89. The van der Waals surface area contributed by atoms with Gasteiger partial charge in [-0.05, 0) is 18.5 Å². The Morgan fingerprint density at radius 1 is 1.57 bits per heavy atom. The number of nitrogens with zero attached hydrogens (tertiary/aromatic N) is 2. The van der Waals surface area contributed by atoms with Gasteiger partial charge in [0, 0.05) is 4.88 Å². The van der Waals surface area contributed by atoms with E-state index in [9.17, 15) is 0 Å². The Bertz CT molecular complexity index is 398. The van der Waals surface area contributed by atoms with Crippen LogP contribution in [0, 0.1) is 0 Å². The van der Waals surface area contributed by atoms with Gasteiger partial charge in [0.2, 0.25) is 0 Å². The molecule has 14 heavy (non-hydrogen) atoms. The molecule has 0 amide bonds. The lowest BCUT2D eigenvalue weighted by molar-refractivity contribution is 0.689. The number of rotatable bonds is 3. The fourth-order valence-electron chi connectivity index (χ4n) is 1.22. The lowest BCUT2D eigenvalue weighted by Gasteiger charge is -2.11. The predicted molar refractivity (Wildman–Crippen MR) is 60.1 cm³/mol. The first-order chi connectivity index (χ1) is 6.83. The molecule has 0 aliphatic carbocycles. The summed E-state index contributed by atoms with van der Waals surface area (Å²) in [6, 6.07) is 1.95. The largest absolute Gasteiger partial charge is 0.307 e. The Kier molecular flexibility index (Phi) is 3.12. The summed E-state index contributed by atoms with van der Waals surface area (Å²) >= 11 is 8.89. The second-order valence-corrected chi connectivity index (χ2v) is 4.60. The number of halogens is 1. The number of nitrogens with one attached hydrogen (secondary N) is 1. The summed E-state index contributed by atoms with van der Waals surface area (Å²) in [4.78, 5) is 1.09. The van der Waals surface area contributed by atoms with Gasteiger partial charge in [-0.1, -0.05) is 11.6 Å². The molecular weight excluding hydrogens is 238 g/mol. The molecule has 3 nitrogen and oxygen atoms in total. The standard InChI is InChI=1S/C8H8ClN3S2/c1-10-7(6-4-11-14-12-6)8-5(9)2-3-13-8/h2-4,7,10H,1H3. The number of thiophene rings is 1. The van der Waals surface area contributed by atoms with E-state index in [0.29, 0.717) is 0 Å². The lowest BCUT2D eigenvalue weighted by atomic mass is 10.2. The van der Waals surface area contributed by atoms with Crippen molar-refractivity contribution in [3.8, 4) is 0 Å². The zero-order valence-corrected chi connectivity index (χ0v) is 9.79. The van der Waals surface area contributed by atoms with Gasteiger partial charge in [-0.15, -0.1) is 11.3 Å². The van der Waals surface area contributed by atoms with Gasteiger partial charge in [0.15, 0.2) is 0 Å². The minimum Gasteiger partial charge on any atom is -0.307 e. The smallest absolute Gasteiger partial charge is 0.0966 e. The highest BCUT2D eigenvalue weighted by Gasteiger charge is 2.18. The highest BCUT2D eigenvalue weighted by molar-refractivity contribution is 7.10. The summed E-state index contributed by atoms with van der Waals surface area (Å²) in [6.45, 7) is 0. The molecule has 0 saturated heterocycles. The minimum absolute atomic E-state index is 0.0567. The molecule has 1 N–H and O–H groups in total. The Hall–Kier alpha value is -0.490. The number of aromatic nitrogens is 2. The topological polar surface area (TPSA) is 37.8 Å². The molecule has 74 valence electrons. The van der Waals surface area contributed by atoms with Gasteiger partial charge >= 0.3 is 0 Å². The molecule has 2 heterocycles. The van der Waals surface area contributed by atoms with Crippen LogP contribution in [0.4, 0.5) is 0 Å². The Balaban J connectivity index is 2.36. The van der Waals surface area contributed by atoms with Crippen LogP contribution in [0.2, 0.25) is 5.02 Å². The Labute approximate surface area is 95.1 Å². The van der Waals surface area contributed by atoms with Crippen LogP contribution in [-0.4, -0.2) is 15.8 Å². The van der Waals surface area contributed by atoms with E-state index in [1.165, 1.54) is 11.7 Å². The Morgan fingerprint density at radius 3 is 2.93 bits per heavy atom. The van der Waals surface area contributed by atoms with Crippen LogP contribution in [0.15, 0.2) is 17.6 Å². The van der Waals surface area contributed by atoms with Crippen LogP contribution >= 0.6 is 34.7 Å². The molecule has 0 aliphatic rings. The predicted octanol–water partition coefficient (Wildman–Crippen LogP) is 2.56. The van der Waals surface area contributed by atoms with Crippen LogP contribution in [0.5, 0.6) is 0 Å². The van der Waals surface area contributed by atoms with Crippen molar-refractivity contribution in [2.75, 3.05) is 7.05 Å². The maximum Gasteiger partial charge on any atom is 0.0966 e. The Morgan fingerprint density at radius 2 is 2.43 bits per heavy atom. The van der Waals surface area contributed by atoms with Gasteiger partial charge < -0.3 is 5.32 Å². The second-order valence-electron chi connectivity index (χ2n) is 2.69. The van der Waals surface area contributed by atoms with Gasteiger partial charge in [0.05, 0.1) is 34.7 Å². The van der Waals surface area contributed by atoms with Crippen LogP contribution in [0.1, 0.15) is 16.6 Å². The molecule has 0 fully saturated rings. The lowest BCUT2D eigenvalue weighted by Crippen LogP contribution is -2.16. The average molecular weight is 246 g/mol. The summed E-state index contributed by atoms with van der Waals surface area (Å²) < 4.78 is 8.18. The summed E-state index contributed by atoms with van der Waals surface area (Å²) in [5, 5.41) is 5.93. The molecule has 6 heteroatoms. The maximum absolute atomic E-state index is 6.06. The van der Waals surface area contributed by atoms with Gasteiger partial charge in [-0.3, -0.25) is 0 Å². The summed E-state index contributed by atoms with van der Waals surface area (Å²) in [5.41, 5.74) is 0.918. The van der Waals surface area contributed by atoms with E-state index >= 15 is 0 Å². The average Bonchev–Trinajstić information content (AvgIpc) is 2.80. The van der Waals surface area contributed by atoms with E-state index in [2.05, 4.69) is 14.1 Å². The van der Waals surface area contributed by atoms with Crippen LogP contribution in [0.25, 0.3) is 0 Å². The third-order valence-corrected chi connectivity index (χ3v) is 3.79. The highest BCUT2D eigenvalue weighted by atomic mass is 35.5. The molecule has 0 aromatic carbocycles. The molecule has 2 aromatic rings. The SMILES string of the molecule is CNC(c1cnsn1)c1sccc1Cl.